The van der Waals surface area contributed by atoms with Crippen molar-refractivity contribution >= 4 is 28.4 Å². The van der Waals surface area contributed by atoms with Crippen molar-refractivity contribution in [2.75, 3.05) is 20.0 Å². The van der Waals surface area contributed by atoms with Crippen molar-refractivity contribution in [3.05, 3.63) is 37.2 Å². The zero-order chi connectivity index (χ0) is 17.1. The molecule has 0 aliphatic rings. The summed E-state index contributed by atoms with van der Waals surface area (Å²) in [4.78, 5) is 14.3. The van der Waals surface area contributed by atoms with Crippen LogP contribution in [-0.4, -0.2) is 19.2 Å². The number of aromatic nitrogens is 1. The second-order valence-electron chi connectivity index (χ2n) is 4.41. The van der Waals surface area contributed by atoms with Gasteiger partial charge in [0.2, 0.25) is 0 Å². The van der Waals surface area contributed by atoms with Gasteiger partial charge < -0.3 is 20.2 Å². The number of H-pyrrole nitrogens is 1. The lowest BCUT2D eigenvalue weighted by atomic mass is 9.96. The van der Waals surface area contributed by atoms with Crippen LogP contribution in [0.15, 0.2) is 16.9 Å². The fourth-order valence-corrected chi connectivity index (χ4v) is 3.02. The summed E-state index contributed by atoms with van der Waals surface area (Å²) < 4.78 is 11.2. The van der Waals surface area contributed by atoms with Gasteiger partial charge in [0.1, 0.15) is 29.1 Å². The molecule has 0 atom stereocenters. The van der Waals surface area contributed by atoms with E-state index >= 15 is 0 Å². The molecule has 0 fully saturated rings. The number of hydrogen-bond donors (Lipinski definition) is 2. The lowest BCUT2D eigenvalue weighted by Gasteiger charge is -2.14. The molecule has 1 aromatic heterocycles. The van der Waals surface area contributed by atoms with Crippen molar-refractivity contribution in [2.24, 2.45) is 0 Å². The van der Waals surface area contributed by atoms with Gasteiger partial charge in [-0.25, -0.2) is 0 Å². The van der Waals surface area contributed by atoms with Crippen LogP contribution < -0.4 is 20.8 Å². The summed E-state index contributed by atoms with van der Waals surface area (Å²) in [5, 5.41) is 18.6. The number of pyridine rings is 1. The Morgan fingerprint density at radius 2 is 1.83 bits per heavy atom. The van der Waals surface area contributed by atoms with Crippen molar-refractivity contribution in [1.29, 1.82) is 10.5 Å². The van der Waals surface area contributed by atoms with Gasteiger partial charge in [-0.15, -0.1) is 0 Å². The Balaban J connectivity index is 2.93. The van der Waals surface area contributed by atoms with E-state index in [0.29, 0.717) is 20.6 Å². The van der Waals surface area contributed by atoms with Crippen LogP contribution in [0.2, 0.25) is 0 Å². The summed E-state index contributed by atoms with van der Waals surface area (Å²) in [6.07, 6.45) is 0. The van der Waals surface area contributed by atoms with Crippen molar-refractivity contribution in [2.45, 2.75) is 0 Å². The highest BCUT2D eigenvalue weighted by atomic mass is 127. The van der Waals surface area contributed by atoms with E-state index in [1.165, 1.54) is 14.2 Å². The number of nitrogen functional groups attached to an aromatic ring is 1. The summed E-state index contributed by atoms with van der Waals surface area (Å²) in [5.41, 5.74) is 5.56. The molecule has 0 bridgehead atoms. The molecule has 23 heavy (non-hydrogen) atoms. The second kappa shape index (κ2) is 6.58. The van der Waals surface area contributed by atoms with Crippen molar-refractivity contribution in [1.82, 2.24) is 4.98 Å². The fraction of sp³-hybridized carbons (Fsp3) is 0.133. The largest absolute Gasteiger partial charge is 0.493 e. The maximum atomic E-state index is 12.0. The molecule has 0 unspecified atom stereocenters. The highest BCUT2D eigenvalue weighted by molar-refractivity contribution is 14.1. The van der Waals surface area contributed by atoms with E-state index < -0.39 is 5.56 Å². The summed E-state index contributed by atoms with van der Waals surface area (Å²) in [6, 6.07) is 7.04. The number of nitrogens with zero attached hydrogens (tertiary/aromatic N) is 2. The van der Waals surface area contributed by atoms with E-state index in [9.17, 15) is 15.3 Å². The minimum Gasteiger partial charge on any atom is -0.493 e. The topological polar surface area (TPSA) is 125 Å². The average Bonchev–Trinajstić information content (AvgIpc) is 2.53. The van der Waals surface area contributed by atoms with Gasteiger partial charge in [-0.3, -0.25) is 4.79 Å². The first-order valence-corrected chi connectivity index (χ1v) is 7.34. The molecule has 0 saturated heterocycles. The molecule has 3 N–H and O–H groups in total. The van der Waals surface area contributed by atoms with Gasteiger partial charge in [-0.05, 0) is 40.3 Å². The number of nitriles is 2. The van der Waals surface area contributed by atoms with Crippen LogP contribution in [-0.2, 0) is 0 Å². The van der Waals surface area contributed by atoms with E-state index in [-0.39, 0.29) is 22.5 Å². The van der Waals surface area contributed by atoms with E-state index in [1.807, 2.05) is 34.7 Å². The number of rotatable bonds is 3. The van der Waals surface area contributed by atoms with Gasteiger partial charge in [0.05, 0.1) is 17.8 Å². The van der Waals surface area contributed by atoms with E-state index in [1.54, 1.807) is 12.1 Å². The SMILES string of the molecule is COc1cc(-c2c(C#N)c(N)[nH]c(=O)c2C#N)cc(I)c1OC. The monoisotopic (exact) mass is 422 g/mol. The number of nitrogens with one attached hydrogen (secondary N) is 1. The Bertz CT molecular complexity index is 922. The highest BCUT2D eigenvalue weighted by Crippen LogP contribution is 2.39. The maximum Gasteiger partial charge on any atom is 0.268 e. The first kappa shape index (κ1) is 16.6. The summed E-state index contributed by atoms with van der Waals surface area (Å²) >= 11 is 2.04. The Kier molecular flexibility index (Phi) is 4.77. The van der Waals surface area contributed by atoms with Crippen LogP contribution in [0.3, 0.4) is 0 Å². The standard InChI is InChI=1S/C15H11IN4O3/c1-22-11-4-7(3-10(16)13(11)23-2)12-8(5-17)14(19)20-15(21)9(12)6-18/h3-4H,1-2H3,(H3,19,20,21). The Morgan fingerprint density at radius 3 is 2.35 bits per heavy atom. The second-order valence-corrected chi connectivity index (χ2v) is 5.57. The highest BCUT2D eigenvalue weighted by Gasteiger charge is 2.21. The Morgan fingerprint density at radius 1 is 1.17 bits per heavy atom. The van der Waals surface area contributed by atoms with Gasteiger partial charge in [-0.1, -0.05) is 0 Å². The van der Waals surface area contributed by atoms with Gasteiger partial charge in [-0.2, -0.15) is 10.5 Å². The van der Waals surface area contributed by atoms with Crippen LogP contribution in [0.4, 0.5) is 5.82 Å². The first-order chi connectivity index (χ1) is 11.0. The van der Waals surface area contributed by atoms with Gasteiger partial charge in [0.25, 0.3) is 5.56 Å². The van der Waals surface area contributed by atoms with Crippen molar-refractivity contribution in [3.8, 4) is 34.8 Å². The number of nitrogens with two attached hydrogens (primary N) is 1. The van der Waals surface area contributed by atoms with Crippen LogP contribution in [0.1, 0.15) is 11.1 Å². The fourth-order valence-electron chi connectivity index (χ4n) is 2.19. The molecule has 1 aromatic carbocycles. The molecular weight excluding hydrogens is 411 g/mol. The summed E-state index contributed by atoms with van der Waals surface area (Å²) in [7, 11) is 2.98. The Hall–Kier alpha value is -2.72. The van der Waals surface area contributed by atoms with E-state index in [2.05, 4.69) is 4.98 Å². The van der Waals surface area contributed by atoms with Crippen LogP contribution in [0.25, 0.3) is 11.1 Å². The van der Waals surface area contributed by atoms with Crippen LogP contribution in [0, 0.1) is 26.2 Å². The minimum absolute atomic E-state index is 0.0316. The minimum atomic E-state index is -0.649. The van der Waals surface area contributed by atoms with Gasteiger partial charge in [0, 0.05) is 5.56 Å². The molecule has 0 radical (unpaired) electrons. The number of hydrogen-bond acceptors (Lipinski definition) is 6. The maximum absolute atomic E-state index is 12.0. The third kappa shape index (κ3) is 2.81. The number of anilines is 1. The predicted molar refractivity (Wildman–Crippen MR) is 92.2 cm³/mol. The number of methoxy groups -OCH3 is 2. The summed E-state index contributed by atoms with van der Waals surface area (Å²) in [6.45, 7) is 0. The molecule has 2 rings (SSSR count). The lowest BCUT2D eigenvalue weighted by molar-refractivity contribution is 0.353. The molecule has 0 saturated carbocycles. The number of ether oxygens (including phenoxy) is 2. The molecule has 7 nitrogen and oxygen atoms in total. The van der Waals surface area contributed by atoms with Crippen LogP contribution in [0.5, 0.6) is 11.5 Å². The van der Waals surface area contributed by atoms with Crippen molar-refractivity contribution in [3.63, 3.8) is 0 Å². The number of halogens is 1. The zero-order valence-corrected chi connectivity index (χ0v) is 14.4. The zero-order valence-electron chi connectivity index (χ0n) is 12.2. The third-order valence-corrected chi connectivity index (χ3v) is 3.99. The van der Waals surface area contributed by atoms with E-state index in [4.69, 9.17) is 15.2 Å². The Labute approximate surface area is 145 Å². The molecule has 116 valence electrons. The molecule has 0 amide bonds. The molecule has 2 aromatic rings. The predicted octanol–water partition coefficient (Wildman–Crippen LogP) is 1.99. The van der Waals surface area contributed by atoms with Gasteiger partial charge >= 0.3 is 0 Å². The molecule has 8 heteroatoms. The summed E-state index contributed by atoms with van der Waals surface area (Å²) in [5.74, 6) is 0.851. The normalized spacial score (nSPS) is 9.78. The molecule has 0 aliphatic carbocycles. The molecular formula is C15H11IN4O3. The molecule has 1 heterocycles. The van der Waals surface area contributed by atoms with Gasteiger partial charge in [0.15, 0.2) is 11.5 Å². The third-order valence-electron chi connectivity index (χ3n) is 3.19. The quantitative estimate of drug-likeness (QED) is 0.729. The number of aromatic amines is 1. The smallest absolute Gasteiger partial charge is 0.268 e. The lowest BCUT2D eigenvalue weighted by Crippen LogP contribution is -2.16. The van der Waals surface area contributed by atoms with E-state index in [0.717, 1.165) is 0 Å². The number of benzene rings is 1. The van der Waals surface area contributed by atoms with Crippen molar-refractivity contribution < 1.29 is 9.47 Å². The average molecular weight is 422 g/mol. The molecule has 0 aliphatic heterocycles. The first-order valence-electron chi connectivity index (χ1n) is 6.26. The van der Waals surface area contributed by atoms with Crippen LogP contribution >= 0.6 is 22.6 Å². The molecule has 0 spiro atoms.